The van der Waals surface area contributed by atoms with Gasteiger partial charge in [-0.1, -0.05) is 11.3 Å². The molecule has 0 aliphatic rings. The maximum absolute atomic E-state index is 11.1. The highest BCUT2D eigenvalue weighted by Gasteiger charge is 2.15. The normalized spacial score (nSPS) is 10.4. The van der Waals surface area contributed by atoms with Gasteiger partial charge in [0.05, 0.1) is 17.6 Å². The molecule has 9 nitrogen and oxygen atoms in total. The highest BCUT2D eigenvalue weighted by Crippen LogP contribution is 2.16. The monoisotopic (exact) mass is 311 g/mol. The maximum atomic E-state index is 11.1. The van der Waals surface area contributed by atoms with Gasteiger partial charge in [-0.15, -0.1) is 5.10 Å². The molecule has 3 heterocycles. The second-order valence-corrected chi connectivity index (χ2v) is 4.47. The Balaban J connectivity index is 2.07. The summed E-state index contributed by atoms with van der Waals surface area (Å²) in [4.78, 5) is 29.8. The number of aromatic carboxylic acids is 2. The maximum Gasteiger partial charge on any atom is 0.354 e. The minimum atomic E-state index is -1.33. The molecule has 0 spiro atoms. The first-order chi connectivity index (χ1) is 11.0. The highest BCUT2D eigenvalue weighted by atomic mass is 16.4. The van der Waals surface area contributed by atoms with Gasteiger partial charge >= 0.3 is 11.9 Å². The van der Waals surface area contributed by atoms with Crippen molar-refractivity contribution in [3.8, 4) is 17.1 Å². The Kier molecular flexibility index (Phi) is 3.51. The predicted octanol–water partition coefficient (Wildman–Crippen LogP) is 1.12. The van der Waals surface area contributed by atoms with Gasteiger partial charge in [0.1, 0.15) is 5.69 Å². The van der Waals surface area contributed by atoms with E-state index in [9.17, 15) is 9.59 Å². The van der Waals surface area contributed by atoms with E-state index in [1.165, 1.54) is 23.0 Å². The number of hydrogen-bond acceptors (Lipinski definition) is 6. The molecule has 3 aromatic rings. The Labute approximate surface area is 128 Å². The fraction of sp³-hybridized carbons (Fsp3) is 0. The van der Waals surface area contributed by atoms with Crippen molar-refractivity contribution in [2.45, 2.75) is 0 Å². The Hall–Kier alpha value is -3.62. The molecule has 0 bridgehead atoms. The van der Waals surface area contributed by atoms with E-state index in [2.05, 4.69) is 20.3 Å². The van der Waals surface area contributed by atoms with E-state index in [4.69, 9.17) is 10.2 Å². The second kappa shape index (κ2) is 5.64. The van der Waals surface area contributed by atoms with Gasteiger partial charge in [-0.05, 0) is 24.3 Å². The van der Waals surface area contributed by atoms with Gasteiger partial charge in [0.25, 0.3) is 0 Å². The summed E-state index contributed by atoms with van der Waals surface area (Å²) in [5.41, 5.74) is 0.495. The summed E-state index contributed by atoms with van der Waals surface area (Å²) >= 11 is 0. The van der Waals surface area contributed by atoms with Crippen molar-refractivity contribution in [3.05, 3.63) is 54.1 Å². The molecule has 0 saturated heterocycles. The number of carboxylic acids is 2. The minimum absolute atomic E-state index is 0.226. The van der Waals surface area contributed by atoms with E-state index < -0.39 is 23.3 Å². The van der Waals surface area contributed by atoms with Crippen molar-refractivity contribution >= 4 is 11.9 Å². The van der Waals surface area contributed by atoms with Crippen LogP contribution in [0.2, 0.25) is 0 Å². The summed E-state index contributed by atoms with van der Waals surface area (Å²) in [6.07, 6.45) is 3.13. The number of carboxylic acid groups (broad SMARTS) is 2. The smallest absolute Gasteiger partial charge is 0.354 e. The molecule has 0 saturated carbocycles. The molecule has 23 heavy (non-hydrogen) atoms. The third kappa shape index (κ3) is 2.88. The number of aromatic nitrogens is 5. The molecule has 3 aromatic heterocycles. The van der Waals surface area contributed by atoms with Gasteiger partial charge in [-0.2, -0.15) is 0 Å². The standard InChI is InChI=1S/C14H9N5O4/c20-13(21)10-5-8(6-11(16-10)14(22)23)19-7-12(17-18-19)9-3-1-2-4-15-9/h1-7H,(H,20,21)(H,22,23). The van der Waals surface area contributed by atoms with E-state index in [0.29, 0.717) is 11.4 Å². The minimum Gasteiger partial charge on any atom is -0.477 e. The van der Waals surface area contributed by atoms with Crippen LogP contribution in [0.4, 0.5) is 0 Å². The zero-order valence-corrected chi connectivity index (χ0v) is 11.5. The van der Waals surface area contributed by atoms with Crippen LogP contribution in [-0.2, 0) is 0 Å². The van der Waals surface area contributed by atoms with Crippen LogP contribution >= 0.6 is 0 Å². The topological polar surface area (TPSA) is 131 Å². The number of carbonyl (C=O) groups is 2. The second-order valence-electron chi connectivity index (χ2n) is 4.47. The Morgan fingerprint density at radius 1 is 1.00 bits per heavy atom. The molecular weight excluding hydrogens is 302 g/mol. The van der Waals surface area contributed by atoms with Crippen LogP contribution in [0.15, 0.2) is 42.7 Å². The quantitative estimate of drug-likeness (QED) is 0.732. The van der Waals surface area contributed by atoms with Crippen molar-refractivity contribution in [1.82, 2.24) is 25.0 Å². The van der Waals surface area contributed by atoms with Gasteiger partial charge in [0, 0.05) is 6.20 Å². The first kappa shape index (κ1) is 14.3. The van der Waals surface area contributed by atoms with E-state index in [-0.39, 0.29) is 5.69 Å². The van der Waals surface area contributed by atoms with Crippen LogP contribution < -0.4 is 0 Å². The molecule has 0 fully saturated rings. The average Bonchev–Trinajstić information content (AvgIpc) is 3.05. The molecule has 114 valence electrons. The first-order valence-corrected chi connectivity index (χ1v) is 6.37. The summed E-state index contributed by atoms with van der Waals surface area (Å²) in [6.45, 7) is 0. The zero-order chi connectivity index (χ0) is 16.4. The van der Waals surface area contributed by atoms with Crippen LogP contribution in [0, 0.1) is 0 Å². The molecule has 9 heteroatoms. The molecule has 0 aliphatic carbocycles. The fourth-order valence-electron chi connectivity index (χ4n) is 1.89. The summed E-state index contributed by atoms with van der Waals surface area (Å²) in [5, 5.41) is 25.9. The Morgan fingerprint density at radius 2 is 1.70 bits per heavy atom. The lowest BCUT2D eigenvalue weighted by Gasteiger charge is -2.03. The van der Waals surface area contributed by atoms with Crippen LogP contribution in [-0.4, -0.2) is 47.1 Å². The molecule has 2 N–H and O–H groups in total. The first-order valence-electron chi connectivity index (χ1n) is 6.37. The largest absolute Gasteiger partial charge is 0.477 e. The summed E-state index contributed by atoms with van der Waals surface area (Å²) < 4.78 is 1.27. The summed E-state index contributed by atoms with van der Waals surface area (Å²) in [5.74, 6) is -2.67. The van der Waals surface area contributed by atoms with Crippen molar-refractivity contribution in [2.24, 2.45) is 0 Å². The fourth-order valence-corrected chi connectivity index (χ4v) is 1.89. The van der Waals surface area contributed by atoms with E-state index in [1.807, 2.05) is 0 Å². The zero-order valence-electron chi connectivity index (χ0n) is 11.5. The Morgan fingerprint density at radius 3 is 2.26 bits per heavy atom. The van der Waals surface area contributed by atoms with Gasteiger partial charge in [-0.3, -0.25) is 4.98 Å². The van der Waals surface area contributed by atoms with Crippen molar-refractivity contribution in [2.75, 3.05) is 0 Å². The molecule has 0 atom stereocenters. The third-order valence-electron chi connectivity index (χ3n) is 2.93. The molecule has 3 rings (SSSR count). The van der Waals surface area contributed by atoms with Gasteiger partial charge in [-0.25, -0.2) is 19.3 Å². The van der Waals surface area contributed by atoms with Gasteiger partial charge in [0.2, 0.25) is 0 Å². The number of hydrogen-bond donors (Lipinski definition) is 2. The molecule has 0 aromatic carbocycles. The molecule has 0 aliphatic heterocycles. The van der Waals surface area contributed by atoms with Crippen molar-refractivity contribution < 1.29 is 19.8 Å². The number of rotatable bonds is 4. The Bertz CT molecular complexity index is 859. The average molecular weight is 311 g/mol. The van der Waals surface area contributed by atoms with Crippen LogP contribution in [0.3, 0.4) is 0 Å². The molecular formula is C14H9N5O4. The lowest BCUT2D eigenvalue weighted by atomic mass is 10.2. The van der Waals surface area contributed by atoms with Crippen molar-refractivity contribution in [3.63, 3.8) is 0 Å². The highest BCUT2D eigenvalue weighted by molar-refractivity contribution is 5.90. The van der Waals surface area contributed by atoms with Gasteiger partial charge < -0.3 is 10.2 Å². The number of pyridine rings is 2. The molecule has 0 radical (unpaired) electrons. The van der Waals surface area contributed by atoms with E-state index in [1.54, 1.807) is 24.4 Å². The van der Waals surface area contributed by atoms with Crippen LogP contribution in [0.1, 0.15) is 21.0 Å². The number of nitrogens with zero attached hydrogens (tertiary/aromatic N) is 5. The summed E-state index contributed by atoms with van der Waals surface area (Å²) in [7, 11) is 0. The van der Waals surface area contributed by atoms with Crippen molar-refractivity contribution in [1.29, 1.82) is 0 Å². The lowest BCUT2D eigenvalue weighted by Crippen LogP contribution is -2.10. The SMILES string of the molecule is O=C(O)c1cc(-n2cc(-c3ccccn3)nn2)cc(C(=O)O)n1. The third-order valence-corrected chi connectivity index (χ3v) is 2.93. The van der Waals surface area contributed by atoms with E-state index in [0.717, 1.165) is 0 Å². The van der Waals surface area contributed by atoms with E-state index >= 15 is 0 Å². The molecule has 0 unspecified atom stereocenters. The van der Waals surface area contributed by atoms with Crippen LogP contribution in [0.5, 0.6) is 0 Å². The summed E-state index contributed by atoms with van der Waals surface area (Å²) in [6, 6.07) is 7.72. The van der Waals surface area contributed by atoms with Crippen LogP contribution in [0.25, 0.3) is 17.1 Å². The van der Waals surface area contributed by atoms with Gasteiger partial charge in [0.15, 0.2) is 11.4 Å². The predicted molar refractivity (Wildman–Crippen MR) is 76.3 cm³/mol. The lowest BCUT2D eigenvalue weighted by molar-refractivity contribution is 0.0685. The molecule has 0 amide bonds.